The minimum Gasteiger partial charge on any atom is -0.289 e. The van der Waals surface area contributed by atoms with Gasteiger partial charge in [-0.25, -0.2) is 0 Å². The lowest BCUT2D eigenvalue weighted by Crippen LogP contribution is -2.27. The van der Waals surface area contributed by atoms with Crippen LogP contribution in [0, 0.1) is 0 Å². The summed E-state index contributed by atoms with van der Waals surface area (Å²) < 4.78 is 1.41. The van der Waals surface area contributed by atoms with Gasteiger partial charge in [0.2, 0.25) is 0 Å². The van der Waals surface area contributed by atoms with Crippen LogP contribution >= 0.6 is 39.9 Å². The van der Waals surface area contributed by atoms with Crippen molar-refractivity contribution in [2.24, 2.45) is 0 Å². The maximum Gasteiger partial charge on any atom is 0.266 e. The van der Waals surface area contributed by atoms with Crippen molar-refractivity contribution in [1.29, 1.82) is 0 Å². The summed E-state index contributed by atoms with van der Waals surface area (Å²) in [5.41, 5.74) is 1.07. The number of hydrogen-bond donors (Lipinski definition) is 0. The molecule has 1 aromatic carbocycles. The summed E-state index contributed by atoms with van der Waals surface area (Å²) in [5, 5.41) is 0. The van der Waals surface area contributed by atoms with Gasteiger partial charge in [-0.15, -0.1) is 6.58 Å². The molecule has 0 radical (unpaired) electrons. The lowest BCUT2D eigenvalue weighted by Gasteiger charge is -2.10. The molecule has 0 unspecified atom stereocenters. The van der Waals surface area contributed by atoms with Crippen LogP contribution in [0.4, 0.5) is 0 Å². The van der Waals surface area contributed by atoms with Crippen LogP contribution in [-0.4, -0.2) is 21.7 Å². The fourth-order valence-electron chi connectivity index (χ4n) is 1.66. The number of thioether (sulfide) groups is 1. The van der Waals surface area contributed by atoms with Crippen LogP contribution in [0.15, 0.2) is 58.5 Å². The molecular weight excluding hydrogens is 354 g/mol. The van der Waals surface area contributed by atoms with Crippen molar-refractivity contribution in [3.63, 3.8) is 0 Å². The summed E-state index contributed by atoms with van der Waals surface area (Å²) in [7, 11) is 0. The first kappa shape index (κ1) is 15.2. The van der Waals surface area contributed by atoms with Crippen LogP contribution in [0.2, 0.25) is 0 Å². The molecule has 1 aromatic rings. The number of nitrogens with zero attached hydrogens (tertiary/aromatic N) is 1. The number of hydrogen-bond acceptors (Lipinski definition) is 3. The number of thiocarbonyl (C=S) groups is 1. The van der Waals surface area contributed by atoms with Crippen molar-refractivity contribution in [3.8, 4) is 0 Å². The number of allylic oxidation sites excluding steroid dienone is 2. The van der Waals surface area contributed by atoms with E-state index >= 15 is 0 Å². The van der Waals surface area contributed by atoms with E-state index < -0.39 is 0 Å². The largest absolute Gasteiger partial charge is 0.289 e. The summed E-state index contributed by atoms with van der Waals surface area (Å²) in [6, 6.07) is 9.90. The SMILES string of the molecule is C=CCN1C(=O)C(=C/C(Br)=C/c2ccccc2)SC1=S. The lowest BCUT2D eigenvalue weighted by molar-refractivity contribution is -0.121. The molecule has 102 valence electrons. The Balaban J connectivity index is 2.19. The number of carbonyl (C=O) groups excluding carboxylic acids is 1. The number of halogens is 1. The summed E-state index contributed by atoms with van der Waals surface area (Å²) in [5.74, 6) is -0.0710. The Morgan fingerprint density at radius 3 is 2.75 bits per heavy atom. The van der Waals surface area contributed by atoms with Gasteiger partial charge in [0.05, 0.1) is 4.91 Å². The first-order valence-electron chi connectivity index (χ1n) is 5.90. The van der Waals surface area contributed by atoms with E-state index in [0.29, 0.717) is 15.8 Å². The van der Waals surface area contributed by atoms with E-state index in [-0.39, 0.29) is 5.91 Å². The van der Waals surface area contributed by atoms with Gasteiger partial charge < -0.3 is 0 Å². The average Bonchev–Trinajstić information content (AvgIpc) is 2.68. The average molecular weight is 366 g/mol. The minimum absolute atomic E-state index is 0.0710. The van der Waals surface area contributed by atoms with E-state index in [1.54, 1.807) is 17.1 Å². The predicted octanol–water partition coefficient (Wildman–Crippen LogP) is 4.35. The van der Waals surface area contributed by atoms with Crippen molar-refractivity contribution >= 4 is 56.2 Å². The molecule has 1 amide bonds. The molecule has 1 fully saturated rings. The highest BCUT2D eigenvalue weighted by Crippen LogP contribution is 2.32. The Kier molecular flexibility index (Phi) is 5.34. The lowest BCUT2D eigenvalue weighted by atomic mass is 10.2. The van der Waals surface area contributed by atoms with Gasteiger partial charge in [-0.05, 0) is 17.7 Å². The molecule has 0 spiro atoms. The van der Waals surface area contributed by atoms with Gasteiger partial charge in [0.25, 0.3) is 5.91 Å². The molecular formula is C15H12BrNOS2. The first-order valence-corrected chi connectivity index (χ1v) is 7.92. The maximum atomic E-state index is 12.1. The zero-order valence-corrected chi connectivity index (χ0v) is 13.8. The van der Waals surface area contributed by atoms with Crippen LogP contribution in [0.1, 0.15) is 5.56 Å². The number of rotatable bonds is 4. The van der Waals surface area contributed by atoms with E-state index in [4.69, 9.17) is 12.2 Å². The molecule has 0 aliphatic carbocycles. The second-order valence-electron chi connectivity index (χ2n) is 4.02. The molecule has 0 bridgehead atoms. The zero-order valence-electron chi connectivity index (χ0n) is 10.6. The summed E-state index contributed by atoms with van der Waals surface area (Å²) in [6.45, 7) is 4.08. The fourth-order valence-corrected chi connectivity index (χ4v) is 3.57. The van der Waals surface area contributed by atoms with E-state index in [9.17, 15) is 4.79 Å². The van der Waals surface area contributed by atoms with Crippen LogP contribution in [0.25, 0.3) is 6.08 Å². The van der Waals surface area contributed by atoms with Crippen LogP contribution < -0.4 is 0 Å². The van der Waals surface area contributed by atoms with Gasteiger partial charge >= 0.3 is 0 Å². The van der Waals surface area contributed by atoms with Gasteiger partial charge in [0.15, 0.2) is 0 Å². The highest BCUT2D eigenvalue weighted by molar-refractivity contribution is 9.12. The number of carbonyl (C=O) groups is 1. The quantitative estimate of drug-likeness (QED) is 0.449. The van der Waals surface area contributed by atoms with E-state index in [0.717, 1.165) is 10.0 Å². The van der Waals surface area contributed by atoms with Crippen molar-refractivity contribution in [1.82, 2.24) is 4.90 Å². The number of benzene rings is 1. The van der Waals surface area contributed by atoms with E-state index in [1.165, 1.54) is 11.8 Å². The van der Waals surface area contributed by atoms with Crippen LogP contribution in [0.5, 0.6) is 0 Å². The Bertz CT molecular complexity index is 608. The summed E-state index contributed by atoms with van der Waals surface area (Å²) >= 11 is 9.97. The van der Waals surface area contributed by atoms with E-state index in [2.05, 4.69) is 22.5 Å². The topological polar surface area (TPSA) is 20.3 Å². The molecule has 0 saturated carbocycles. The summed E-state index contributed by atoms with van der Waals surface area (Å²) in [6.07, 6.45) is 5.43. The molecule has 2 rings (SSSR count). The van der Waals surface area contributed by atoms with Crippen LogP contribution in [0.3, 0.4) is 0 Å². The van der Waals surface area contributed by atoms with Gasteiger partial charge in [0.1, 0.15) is 4.32 Å². The molecule has 1 aliphatic rings. The third-order valence-corrected chi connectivity index (χ3v) is 4.39. The molecule has 1 aliphatic heterocycles. The van der Waals surface area contributed by atoms with Gasteiger partial charge in [-0.1, -0.05) is 76.3 Å². The molecule has 5 heteroatoms. The normalized spacial score (nSPS) is 17.9. The second kappa shape index (κ2) is 7.02. The molecule has 0 N–H and O–H groups in total. The second-order valence-corrected chi connectivity index (χ2v) is 6.61. The zero-order chi connectivity index (χ0) is 14.5. The highest BCUT2D eigenvalue weighted by atomic mass is 79.9. The number of amides is 1. The van der Waals surface area contributed by atoms with Crippen molar-refractivity contribution in [2.75, 3.05) is 6.54 Å². The standard InChI is InChI=1S/C15H12BrNOS2/c1-2-8-17-14(18)13(20-15(17)19)10-12(16)9-11-6-4-3-5-7-11/h2-7,9-10H,1,8H2/b12-9-,13-10?. The smallest absolute Gasteiger partial charge is 0.266 e. The maximum absolute atomic E-state index is 12.1. The third-order valence-electron chi connectivity index (χ3n) is 2.56. The highest BCUT2D eigenvalue weighted by Gasteiger charge is 2.30. The van der Waals surface area contributed by atoms with Gasteiger partial charge in [-0.2, -0.15) is 0 Å². The van der Waals surface area contributed by atoms with Crippen molar-refractivity contribution in [2.45, 2.75) is 0 Å². The van der Waals surface area contributed by atoms with Gasteiger partial charge in [-0.3, -0.25) is 9.69 Å². The molecule has 0 atom stereocenters. The molecule has 2 nitrogen and oxygen atoms in total. The van der Waals surface area contributed by atoms with E-state index in [1.807, 2.05) is 36.4 Å². The van der Waals surface area contributed by atoms with Crippen molar-refractivity contribution < 1.29 is 4.79 Å². The predicted molar refractivity (Wildman–Crippen MR) is 93.5 cm³/mol. The Labute approximate surface area is 136 Å². The van der Waals surface area contributed by atoms with Gasteiger partial charge in [0, 0.05) is 11.0 Å². The van der Waals surface area contributed by atoms with Crippen molar-refractivity contribution in [3.05, 3.63) is 64.0 Å². The third kappa shape index (κ3) is 3.69. The Morgan fingerprint density at radius 2 is 2.10 bits per heavy atom. The van der Waals surface area contributed by atoms with Crippen LogP contribution in [-0.2, 0) is 4.79 Å². The minimum atomic E-state index is -0.0710. The molecule has 1 heterocycles. The summed E-state index contributed by atoms with van der Waals surface area (Å²) in [4.78, 5) is 14.3. The molecule has 1 saturated heterocycles. The first-order chi connectivity index (χ1) is 9.61. The molecule has 0 aromatic heterocycles. The Morgan fingerprint density at radius 1 is 1.40 bits per heavy atom. The fraction of sp³-hybridized carbons (Fsp3) is 0.0667. The molecule has 20 heavy (non-hydrogen) atoms. The monoisotopic (exact) mass is 365 g/mol. The Hall–Kier alpha value is -1.17.